The summed E-state index contributed by atoms with van der Waals surface area (Å²) >= 11 is 6.21. The quantitative estimate of drug-likeness (QED) is 0.455. The van der Waals surface area contributed by atoms with E-state index in [4.69, 9.17) is 11.6 Å². The maximum Gasteiger partial charge on any atom is 0.255 e. The van der Waals surface area contributed by atoms with E-state index in [-0.39, 0.29) is 34.0 Å². The molecule has 0 heterocycles. The molecule has 2 aliphatic rings. The van der Waals surface area contributed by atoms with Crippen molar-refractivity contribution in [1.29, 1.82) is 0 Å². The van der Waals surface area contributed by atoms with E-state index in [1.807, 2.05) is 0 Å². The third-order valence-electron chi connectivity index (χ3n) is 7.31. The minimum atomic E-state index is -4.03. The van der Waals surface area contributed by atoms with Crippen molar-refractivity contribution in [3.05, 3.63) is 58.6 Å². The molecule has 6 atom stereocenters. The first kappa shape index (κ1) is 26.0. The van der Waals surface area contributed by atoms with Crippen LogP contribution >= 0.6 is 11.6 Å². The lowest BCUT2D eigenvalue weighted by atomic mass is 9.70. The van der Waals surface area contributed by atoms with Crippen molar-refractivity contribution in [2.45, 2.75) is 60.6 Å². The summed E-state index contributed by atoms with van der Waals surface area (Å²) < 4.78 is 53.7. The summed E-state index contributed by atoms with van der Waals surface area (Å²) in [5, 5.41) is 32.9. The van der Waals surface area contributed by atoms with Gasteiger partial charge in [0.25, 0.3) is 5.91 Å². The molecule has 7 nitrogen and oxygen atoms in total. The Morgan fingerprint density at radius 1 is 1.09 bits per heavy atom. The summed E-state index contributed by atoms with van der Waals surface area (Å²) in [5.74, 6) is -4.00. The number of hydrogen-bond acceptors (Lipinski definition) is 6. The molecule has 1 amide bonds. The van der Waals surface area contributed by atoms with Gasteiger partial charge in [-0.1, -0.05) is 11.6 Å². The molecular formula is C24H26ClF2NO6S. The van der Waals surface area contributed by atoms with E-state index in [0.29, 0.717) is 12.8 Å². The van der Waals surface area contributed by atoms with Gasteiger partial charge in [0, 0.05) is 17.3 Å². The third kappa shape index (κ3) is 4.58. The van der Waals surface area contributed by atoms with Gasteiger partial charge >= 0.3 is 0 Å². The van der Waals surface area contributed by atoms with Gasteiger partial charge in [0.1, 0.15) is 6.10 Å². The van der Waals surface area contributed by atoms with Crippen LogP contribution in [-0.2, 0) is 9.84 Å². The molecule has 0 unspecified atom stereocenters. The number of aliphatic hydroxyl groups is 3. The first-order valence-corrected chi connectivity index (χ1v) is 13.2. The number of rotatable bonds is 6. The molecule has 0 saturated heterocycles. The van der Waals surface area contributed by atoms with Crippen molar-refractivity contribution in [2.75, 3.05) is 5.32 Å². The van der Waals surface area contributed by atoms with Gasteiger partial charge in [0.15, 0.2) is 21.5 Å². The lowest BCUT2D eigenvalue weighted by molar-refractivity contribution is -0.172. The Bertz CT molecular complexity index is 1240. The number of benzene rings is 2. The fraction of sp³-hybridized carbons (Fsp3) is 0.458. The molecular weight excluding hydrogens is 504 g/mol. The van der Waals surface area contributed by atoms with Crippen LogP contribution in [0.5, 0.6) is 0 Å². The van der Waals surface area contributed by atoms with Crippen LogP contribution in [0, 0.1) is 23.5 Å². The first-order valence-electron chi connectivity index (χ1n) is 11.2. The molecule has 2 bridgehead atoms. The monoisotopic (exact) mass is 529 g/mol. The predicted octanol–water partition coefficient (Wildman–Crippen LogP) is 3.31. The van der Waals surface area contributed by atoms with E-state index in [9.17, 15) is 37.3 Å². The molecule has 2 saturated carbocycles. The second-order valence-corrected chi connectivity index (χ2v) is 12.0. The van der Waals surface area contributed by atoms with Crippen LogP contribution in [0.3, 0.4) is 0 Å². The van der Waals surface area contributed by atoms with Crippen molar-refractivity contribution < 1.29 is 37.3 Å². The smallest absolute Gasteiger partial charge is 0.255 e. The lowest BCUT2D eigenvalue weighted by Crippen LogP contribution is -2.58. The standard InChI is InChI=1S/C24H26ClF2NO6S/c1-12(29)22(30)24(32)14-3-4-15(24)10-17(9-14)35(33,34)21-8-13(2-6-18(21)25)23(31)28-16-5-7-19(26)20(27)11-16/h2,5-8,11-12,14-15,17,22,29-30,32H,3-4,9-10H2,1H3,(H,28,31)/t12-,14-,15+,17-,22+,24-/m1/s1. The fourth-order valence-corrected chi connectivity index (χ4v) is 7.89. The van der Waals surface area contributed by atoms with Gasteiger partial charge in [-0.25, -0.2) is 17.2 Å². The van der Waals surface area contributed by atoms with Crippen LogP contribution in [0.1, 0.15) is 43.0 Å². The zero-order chi connectivity index (χ0) is 25.7. The maximum atomic E-state index is 13.6. The van der Waals surface area contributed by atoms with Gasteiger partial charge in [0.2, 0.25) is 0 Å². The molecule has 0 spiro atoms. The minimum Gasteiger partial charge on any atom is -0.391 e. The van der Waals surface area contributed by atoms with Gasteiger partial charge in [-0.15, -0.1) is 0 Å². The van der Waals surface area contributed by atoms with Crippen LogP contribution in [0.4, 0.5) is 14.5 Å². The van der Waals surface area contributed by atoms with Crippen molar-refractivity contribution in [1.82, 2.24) is 0 Å². The largest absolute Gasteiger partial charge is 0.391 e. The number of amides is 1. The van der Waals surface area contributed by atoms with Crippen LogP contribution < -0.4 is 5.32 Å². The summed E-state index contributed by atoms with van der Waals surface area (Å²) in [6.45, 7) is 1.38. The minimum absolute atomic E-state index is 0.00642. The molecule has 4 N–H and O–H groups in total. The fourth-order valence-electron chi connectivity index (χ4n) is 5.48. The third-order valence-corrected chi connectivity index (χ3v) is 9.97. The van der Waals surface area contributed by atoms with E-state index >= 15 is 0 Å². The van der Waals surface area contributed by atoms with Crippen molar-refractivity contribution >= 4 is 33.0 Å². The number of fused-ring (bicyclic) bond motifs is 2. The lowest BCUT2D eigenvalue weighted by Gasteiger charge is -2.46. The maximum absolute atomic E-state index is 13.6. The van der Waals surface area contributed by atoms with E-state index in [2.05, 4.69) is 5.32 Å². The van der Waals surface area contributed by atoms with Gasteiger partial charge in [-0.05, 0) is 74.8 Å². The Morgan fingerprint density at radius 2 is 1.71 bits per heavy atom. The molecule has 4 rings (SSSR count). The highest BCUT2D eigenvalue weighted by Gasteiger charge is 2.59. The Labute approximate surface area is 206 Å². The highest BCUT2D eigenvalue weighted by atomic mass is 35.5. The summed E-state index contributed by atoms with van der Waals surface area (Å²) in [4.78, 5) is 12.4. The summed E-state index contributed by atoms with van der Waals surface area (Å²) in [5.41, 5.74) is -1.62. The number of carbonyl (C=O) groups excluding carboxylic acids is 1. The van der Waals surface area contributed by atoms with Crippen LogP contribution in [-0.4, -0.2) is 52.7 Å². The average Bonchev–Trinajstić information content (AvgIpc) is 2.97. The second kappa shape index (κ2) is 9.40. The molecule has 0 aromatic heterocycles. The molecule has 35 heavy (non-hydrogen) atoms. The number of hydrogen-bond donors (Lipinski definition) is 4. The summed E-state index contributed by atoms with van der Waals surface area (Å²) in [6.07, 6.45) is -1.39. The molecule has 0 radical (unpaired) electrons. The Kier molecular flexibility index (Phi) is 6.98. The Hall–Kier alpha value is -2.11. The van der Waals surface area contributed by atoms with E-state index < -0.39 is 62.3 Å². The summed E-state index contributed by atoms with van der Waals surface area (Å²) in [6, 6.07) is 6.57. The molecule has 2 aliphatic carbocycles. The molecule has 2 aromatic carbocycles. The normalized spacial score (nSPS) is 27.9. The number of anilines is 1. The number of carbonyl (C=O) groups is 1. The molecule has 0 aliphatic heterocycles. The van der Waals surface area contributed by atoms with Crippen molar-refractivity contribution in [2.24, 2.45) is 11.8 Å². The number of sulfone groups is 1. The first-order chi connectivity index (χ1) is 16.4. The highest BCUT2D eigenvalue weighted by Crippen LogP contribution is 2.54. The van der Waals surface area contributed by atoms with E-state index in [0.717, 1.165) is 18.2 Å². The van der Waals surface area contributed by atoms with Crippen LogP contribution in [0.15, 0.2) is 41.3 Å². The number of nitrogens with one attached hydrogen (secondary N) is 1. The SMILES string of the molecule is C[C@@H](O)[C@H](O)[C@@]1(O)[C@@H]2CC[C@H]1C[C@H](S(=O)(=O)c1cc(C(=O)Nc3ccc(F)c(F)c3)ccc1Cl)C2. The van der Waals surface area contributed by atoms with E-state index in [1.54, 1.807) is 0 Å². The van der Waals surface area contributed by atoms with Gasteiger partial charge in [0.05, 0.1) is 26.9 Å². The van der Waals surface area contributed by atoms with Gasteiger partial charge < -0.3 is 20.6 Å². The molecule has 11 heteroatoms. The van der Waals surface area contributed by atoms with E-state index in [1.165, 1.54) is 25.1 Å². The van der Waals surface area contributed by atoms with Crippen molar-refractivity contribution in [3.8, 4) is 0 Å². The van der Waals surface area contributed by atoms with Crippen molar-refractivity contribution in [3.63, 3.8) is 0 Å². The Morgan fingerprint density at radius 3 is 2.29 bits per heavy atom. The average molecular weight is 530 g/mol. The second-order valence-electron chi connectivity index (χ2n) is 9.41. The predicted molar refractivity (Wildman–Crippen MR) is 125 cm³/mol. The van der Waals surface area contributed by atoms with Gasteiger partial charge in [-0.2, -0.15) is 0 Å². The molecule has 2 fully saturated rings. The van der Waals surface area contributed by atoms with Crippen LogP contribution in [0.2, 0.25) is 5.02 Å². The number of halogens is 3. The Balaban J connectivity index is 1.59. The highest BCUT2D eigenvalue weighted by molar-refractivity contribution is 7.92. The number of aliphatic hydroxyl groups excluding tert-OH is 2. The zero-order valence-electron chi connectivity index (χ0n) is 18.8. The van der Waals surface area contributed by atoms with Crippen LogP contribution in [0.25, 0.3) is 0 Å². The molecule has 190 valence electrons. The summed E-state index contributed by atoms with van der Waals surface area (Å²) in [7, 11) is -4.03. The zero-order valence-corrected chi connectivity index (χ0v) is 20.4. The van der Waals surface area contributed by atoms with Gasteiger partial charge in [-0.3, -0.25) is 4.79 Å². The topological polar surface area (TPSA) is 124 Å². The molecule has 2 aromatic rings.